The molecular formula is C14H18BrN3O. The molecule has 0 amide bonds. The van der Waals surface area contributed by atoms with Gasteiger partial charge in [0.1, 0.15) is 5.82 Å². The second kappa shape index (κ2) is 5.84. The van der Waals surface area contributed by atoms with Gasteiger partial charge in [0.05, 0.1) is 11.8 Å². The third-order valence-electron chi connectivity index (χ3n) is 3.03. The number of aliphatic hydroxyl groups is 1. The fourth-order valence-electron chi connectivity index (χ4n) is 1.92. The first-order valence-corrected chi connectivity index (χ1v) is 7.28. The molecule has 1 heterocycles. The summed E-state index contributed by atoms with van der Waals surface area (Å²) in [5.41, 5.74) is 1.83. The van der Waals surface area contributed by atoms with Crippen molar-refractivity contribution in [3.8, 4) is 5.69 Å². The summed E-state index contributed by atoms with van der Waals surface area (Å²) in [6.45, 7) is 5.87. The second-order valence-electron chi connectivity index (χ2n) is 4.45. The van der Waals surface area contributed by atoms with Gasteiger partial charge in [0.2, 0.25) is 0 Å². The summed E-state index contributed by atoms with van der Waals surface area (Å²) in [5, 5.41) is 14.1. The van der Waals surface area contributed by atoms with Gasteiger partial charge >= 0.3 is 0 Å². The Labute approximate surface area is 121 Å². The molecule has 0 spiro atoms. The Morgan fingerprint density at radius 1 is 1.32 bits per heavy atom. The molecule has 2 rings (SSSR count). The number of hydrogen-bond acceptors (Lipinski definition) is 3. The minimum absolute atomic E-state index is 0.474. The Morgan fingerprint density at radius 3 is 2.58 bits per heavy atom. The molecule has 0 bridgehead atoms. The van der Waals surface area contributed by atoms with Crippen LogP contribution >= 0.6 is 15.9 Å². The molecule has 1 N–H and O–H groups in total. The van der Waals surface area contributed by atoms with Crippen LogP contribution in [-0.4, -0.2) is 19.9 Å². The molecule has 102 valence electrons. The predicted octanol–water partition coefficient (Wildman–Crippen LogP) is 3.21. The molecule has 2 aromatic rings. The summed E-state index contributed by atoms with van der Waals surface area (Å²) in [6.07, 6.45) is 1.18. The largest absolute Gasteiger partial charge is 0.389 e. The van der Waals surface area contributed by atoms with Gasteiger partial charge in [-0.15, -0.1) is 0 Å². The Kier molecular flexibility index (Phi) is 4.37. The molecule has 1 unspecified atom stereocenters. The van der Waals surface area contributed by atoms with Gasteiger partial charge in [0.25, 0.3) is 0 Å². The summed E-state index contributed by atoms with van der Waals surface area (Å²) in [5.74, 6) is 1.80. The Morgan fingerprint density at radius 2 is 2.05 bits per heavy atom. The highest BCUT2D eigenvalue weighted by Crippen LogP contribution is 2.26. The Balaban J connectivity index is 2.49. The highest BCUT2D eigenvalue weighted by Gasteiger charge is 2.13. The standard InChI is InChI=1S/C14H18BrN3O/c1-4-13-16-14(5-2)18(17-13)12-7-6-10(9(3)19)8-11(12)15/h6-9,19H,4-5H2,1-3H3. The van der Waals surface area contributed by atoms with E-state index in [4.69, 9.17) is 0 Å². The van der Waals surface area contributed by atoms with Gasteiger partial charge in [-0.2, -0.15) is 5.10 Å². The maximum absolute atomic E-state index is 9.60. The number of nitrogens with zero attached hydrogens (tertiary/aromatic N) is 3. The van der Waals surface area contributed by atoms with Crippen LogP contribution in [-0.2, 0) is 12.8 Å². The van der Waals surface area contributed by atoms with Gasteiger partial charge in [-0.1, -0.05) is 19.9 Å². The molecule has 0 fully saturated rings. The number of aromatic nitrogens is 3. The number of rotatable bonds is 4. The van der Waals surface area contributed by atoms with Gasteiger partial charge in [-0.25, -0.2) is 9.67 Å². The molecule has 4 nitrogen and oxygen atoms in total. The van der Waals surface area contributed by atoms with Crippen LogP contribution in [0, 0.1) is 0 Å². The van der Waals surface area contributed by atoms with Crippen LogP contribution in [0.5, 0.6) is 0 Å². The lowest BCUT2D eigenvalue weighted by atomic mass is 10.1. The van der Waals surface area contributed by atoms with Crippen LogP contribution in [0.4, 0.5) is 0 Å². The van der Waals surface area contributed by atoms with Crippen molar-refractivity contribution >= 4 is 15.9 Å². The number of halogens is 1. The number of hydrogen-bond donors (Lipinski definition) is 1. The van der Waals surface area contributed by atoms with E-state index in [1.807, 2.05) is 29.8 Å². The summed E-state index contributed by atoms with van der Waals surface area (Å²) in [6, 6.07) is 5.80. The monoisotopic (exact) mass is 323 g/mol. The molecule has 19 heavy (non-hydrogen) atoms. The van der Waals surface area contributed by atoms with E-state index < -0.39 is 6.10 Å². The number of aryl methyl sites for hydroxylation is 2. The second-order valence-corrected chi connectivity index (χ2v) is 5.30. The first-order chi connectivity index (χ1) is 9.06. The normalized spacial score (nSPS) is 12.7. The van der Waals surface area contributed by atoms with E-state index in [0.29, 0.717) is 0 Å². The van der Waals surface area contributed by atoms with Gasteiger partial charge in [-0.05, 0) is 40.5 Å². The molecule has 0 saturated heterocycles. The summed E-state index contributed by atoms with van der Waals surface area (Å²) >= 11 is 3.55. The first kappa shape index (κ1) is 14.2. The zero-order chi connectivity index (χ0) is 14.0. The van der Waals surface area contributed by atoms with E-state index in [2.05, 4.69) is 32.9 Å². The molecule has 5 heteroatoms. The van der Waals surface area contributed by atoms with Crippen LogP contribution in [0.3, 0.4) is 0 Å². The van der Waals surface area contributed by atoms with Crippen LogP contribution < -0.4 is 0 Å². The molecule has 1 aromatic heterocycles. The molecule has 0 aliphatic rings. The van der Waals surface area contributed by atoms with Crippen molar-refractivity contribution in [2.24, 2.45) is 0 Å². The smallest absolute Gasteiger partial charge is 0.151 e. The van der Waals surface area contributed by atoms with Crippen LogP contribution in [0.15, 0.2) is 22.7 Å². The Bertz CT molecular complexity index is 578. The van der Waals surface area contributed by atoms with Crippen LogP contribution in [0.2, 0.25) is 0 Å². The Hall–Kier alpha value is -1.20. The molecular weight excluding hydrogens is 306 g/mol. The molecule has 1 atom stereocenters. The fourth-order valence-corrected chi connectivity index (χ4v) is 2.48. The topological polar surface area (TPSA) is 50.9 Å². The minimum Gasteiger partial charge on any atom is -0.389 e. The van der Waals surface area contributed by atoms with Gasteiger partial charge in [0, 0.05) is 17.3 Å². The SMILES string of the molecule is CCc1nc(CC)n(-c2ccc(C(C)O)cc2Br)n1. The van der Waals surface area contributed by atoms with Crippen molar-refractivity contribution in [1.29, 1.82) is 0 Å². The molecule has 0 aliphatic heterocycles. The number of benzene rings is 1. The summed E-state index contributed by atoms with van der Waals surface area (Å²) < 4.78 is 2.78. The highest BCUT2D eigenvalue weighted by atomic mass is 79.9. The summed E-state index contributed by atoms with van der Waals surface area (Å²) in [7, 11) is 0. The zero-order valence-corrected chi connectivity index (χ0v) is 13.0. The van der Waals surface area contributed by atoms with E-state index in [9.17, 15) is 5.11 Å². The third-order valence-corrected chi connectivity index (χ3v) is 3.67. The molecule has 1 aromatic carbocycles. The minimum atomic E-state index is -0.474. The number of aliphatic hydroxyl groups excluding tert-OH is 1. The predicted molar refractivity (Wildman–Crippen MR) is 78.4 cm³/mol. The van der Waals surface area contributed by atoms with Crippen LogP contribution in [0.25, 0.3) is 5.69 Å². The van der Waals surface area contributed by atoms with Crippen molar-refractivity contribution < 1.29 is 5.11 Å². The fraction of sp³-hybridized carbons (Fsp3) is 0.429. The zero-order valence-electron chi connectivity index (χ0n) is 11.4. The van der Waals surface area contributed by atoms with Crippen molar-refractivity contribution in [2.75, 3.05) is 0 Å². The lowest BCUT2D eigenvalue weighted by molar-refractivity contribution is 0.199. The van der Waals surface area contributed by atoms with E-state index in [1.165, 1.54) is 0 Å². The van der Waals surface area contributed by atoms with Crippen molar-refractivity contribution in [3.05, 3.63) is 39.9 Å². The van der Waals surface area contributed by atoms with Crippen molar-refractivity contribution in [2.45, 2.75) is 39.7 Å². The van der Waals surface area contributed by atoms with Crippen molar-refractivity contribution in [3.63, 3.8) is 0 Å². The van der Waals surface area contributed by atoms with E-state index in [-0.39, 0.29) is 0 Å². The first-order valence-electron chi connectivity index (χ1n) is 6.49. The maximum Gasteiger partial charge on any atom is 0.151 e. The average molecular weight is 324 g/mol. The summed E-state index contributed by atoms with van der Waals surface area (Å²) in [4.78, 5) is 4.50. The molecule has 0 radical (unpaired) electrons. The average Bonchev–Trinajstić information content (AvgIpc) is 2.81. The maximum atomic E-state index is 9.60. The lowest BCUT2D eigenvalue weighted by Gasteiger charge is -2.10. The van der Waals surface area contributed by atoms with E-state index >= 15 is 0 Å². The van der Waals surface area contributed by atoms with Crippen LogP contribution in [0.1, 0.15) is 44.1 Å². The lowest BCUT2D eigenvalue weighted by Crippen LogP contribution is -2.04. The van der Waals surface area contributed by atoms with Crippen molar-refractivity contribution in [1.82, 2.24) is 14.8 Å². The van der Waals surface area contributed by atoms with E-state index in [0.717, 1.165) is 40.2 Å². The quantitative estimate of drug-likeness (QED) is 0.939. The van der Waals surface area contributed by atoms with Gasteiger partial charge in [-0.3, -0.25) is 0 Å². The van der Waals surface area contributed by atoms with Gasteiger partial charge in [0.15, 0.2) is 5.82 Å². The molecule has 0 aliphatic carbocycles. The third kappa shape index (κ3) is 2.87. The van der Waals surface area contributed by atoms with E-state index in [1.54, 1.807) is 6.92 Å². The van der Waals surface area contributed by atoms with Gasteiger partial charge < -0.3 is 5.11 Å². The molecule has 0 saturated carbocycles. The highest BCUT2D eigenvalue weighted by molar-refractivity contribution is 9.10.